The maximum absolute atomic E-state index is 12.4. The zero-order chi connectivity index (χ0) is 22.1. The van der Waals surface area contributed by atoms with E-state index in [0.717, 1.165) is 27.7 Å². The number of hydrogen-bond acceptors (Lipinski definition) is 5. The molecule has 0 atom stereocenters. The molecular formula is C25H27N3O2S. The minimum atomic E-state index is -0.298. The smallest absolute Gasteiger partial charge is 0.350 e. The fourth-order valence-corrected chi connectivity index (χ4v) is 4.77. The van der Waals surface area contributed by atoms with E-state index in [4.69, 9.17) is 9.72 Å². The molecule has 0 unspecified atom stereocenters. The first-order valence-corrected chi connectivity index (χ1v) is 11.3. The van der Waals surface area contributed by atoms with Crippen molar-refractivity contribution < 1.29 is 9.53 Å². The molecule has 0 radical (unpaired) electrons. The first-order chi connectivity index (χ1) is 14.9. The van der Waals surface area contributed by atoms with Crippen LogP contribution in [-0.2, 0) is 11.3 Å². The summed E-state index contributed by atoms with van der Waals surface area (Å²) in [5, 5.41) is 3.59. The van der Waals surface area contributed by atoms with Crippen LogP contribution in [0.1, 0.15) is 44.5 Å². The van der Waals surface area contributed by atoms with Gasteiger partial charge >= 0.3 is 5.97 Å². The van der Waals surface area contributed by atoms with E-state index in [-0.39, 0.29) is 5.97 Å². The Morgan fingerprint density at radius 3 is 2.45 bits per heavy atom. The Hall–Kier alpha value is -3.12. The van der Waals surface area contributed by atoms with Crippen molar-refractivity contribution in [3.63, 3.8) is 0 Å². The third kappa shape index (κ3) is 4.08. The van der Waals surface area contributed by atoms with Crippen LogP contribution in [0.25, 0.3) is 16.2 Å². The van der Waals surface area contributed by atoms with E-state index in [1.807, 2.05) is 18.2 Å². The van der Waals surface area contributed by atoms with Crippen molar-refractivity contribution in [2.45, 2.75) is 41.2 Å². The highest BCUT2D eigenvalue weighted by atomic mass is 32.1. The average Bonchev–Trinajstić information content (AvgIpc) is 3.24. The molecule has 160 valence electrons. The van der Waals surface area contributed by atoms with E-state index in [1.165, 1.54) is 33.6 Å². The molecule has 31 heavy (non-hydrogen) atoms. The molecule has 0 aliphatic rings. The van der Waals surface area contributed by atoms with Gasteiger partial charge in [0.1, 0.15) is 16.4 Å². The molecular weight excluding hydrogens is 406 g/mol. The van der Waals surface area contributed by atoms with E-state index in [9.17, 15) is 4.79 Å². The number of ether oxygens (including phenoxy) is 1. The molecule has 0 saturated carbocycles. The van der Waals surface area contributed by atoms with E-state index in [2.05, 4.69) is 68.6 Å². The molecule has 5 nitrogen and oxygen atoms in total. The van der Waals surface area contributed by atoms with Gasteiger partial charge in [-0.15, -0.1) is 0 Å². The van der Waals surface area contributed by atoms with Gasteiger partial charge in [0.2, 0.25) is 0 Å². The summed E-state index contributed by atoms with van der Waals surface area (Å²) in [5.74, 6) is 0.597. The van der Waals surface area contributed by atoms with Gasteiger partial charge in [0.15, 0.2) is 4.96 Å². The van der Waals surface area contributed by atoms with Crippen molar-refractivity contribution in [2.24, 2.45) is 0 Å². The number of carbonyl (C=O) groups excluding carboxylic acids is 1. The van der Waals surface area contributed by atoms with Crippen LogP contribution in [0.15, 0.2) is 42.5 Å². The number of nitrogens with zero attached hydrogens (tertiary/aromatic N) is 2. The molecule has 4 aromatic rings. The quantitative estimate of drug-likeness (QED) is 0.374. The lowest BCUT2D eigenvalue weighted by Crippen LogP contribution is -2.07. The van der Waals surface area contributed by atoms with Gasteiger partial charge in [-0.2, -0.15) is 0 Å². The molecule has 6 heteroatoms. The normalized spacial score (nSPS) is 11.1. The summed E-state index contributed by atoms with van der Waals surface area (Å²) in [6.45, 7) is 11.1. The van der Waals surface area contributed by atoms with Crippen LogP contribution in [0.5, 0.6) is 0 Å². The first kappa shape index (κ1) is 21.1. The number of benzene rings is 2. The van der Waals surface area contributed by atoms with Crippen LogP contribution in [0.2, 0.25) is 0 Å². The molecule has 0 spiro atoms. The molecule has 0 aliphatic heterocycles. The molecule has 0 bridgehead atoms. The molecule has 1 N–H and O–H groups in total. The Kier molecular flexibility index (Phi) is 5.83. The van der Waals surface area contributed by atoms with Gasteiger partial charge in [0.05, 0.1) is 6.61 Å². The second-order valence-electron chi connectivity index (χ2n) is 7.82. The second kappa shape index (κ2) is 8.55. The van der Waals surface area contributed by atoms with Gasteiger partial charge in [-0.25, -0.2) is 9.78 Å². The number of rotatable bonds is 6. The maximum atomic E-state index is 12.4. The van der Waals surface area contributed by atoms with E-state index < -0.39 is 0 Å². The zero-order valence-corrected chi connectivity index (χ0v) is 19.4. The lowest BCUT2D eigenvalue weighted by atomic mass is 10.0. The Bertz CT molecular complexity index is 1250. The first-order valence-electron chi connectivity index (χ1n) is 10.4. The van der Waals surface area contributed by atoms with Crippen LogP contribution < -0.4 is 5.32 Å². The number of imidazole rings is 1. The van der Waals surface area contributed by atoms with Gasteiger partial charge in [0, 0.05) is 17.8 Å². The van der Waals surface area contributed by atoms with Gasteiger partial charge in [-0.05, 0) is 45.7 Å². The number of nitrogens with one attached hydrogen (secondary N) is 1. The third-order valence-corrected chi connectivity index (χ3v) is 6.51. The molecule has 0 fully saturated rings. The monoisotopic (exact) mass is 433 g/mol. The number of aromatic nitrogens is 2. The van der Waals surface area contributed by atoms with Crippen LogP contribution in [-0.4, -0.2) is 22.0 Å². The Balaban J connectivity index is 1.83. The summed E-state index contributed by atoms with van der Waals surface area (Å²) in [5.41, 5.74) is 7.64. The highest BCUT2D eigenvalue weighted by molar-refractivity contribution is 7.19. The number of thiazole rings is 1. The summed E-state index contributed by atoms with van der Waals surface area (Å²) >= 11 is 1.37. The molecule has 0 amide bonds. The predicted octanol–water partition coefficient (Wildman–Crippen LogP) is 6.09. The number of fused-ring (bicyclic) bond motifs is 1. The molecule has 2 heterocycles. The van der Waals surface area contributed by atoms with Crippen molar-refractivity contribution in [2.75, 3.05) is 11.9 Å². The molecule has 4 rings (SSSR count). The van der Waals surface area contributed by atoms with Crippen molar-refractivity contribution in [3.05, 3.63) is 75.3 Å². The second-order valence-corrected chi connectivity index (χ2v) is 8.80. The summed E-state index contributed by atoms with van der Waals surface area (Å²) in [7, 11) is 0. The molecule has 2 aromatic carbocycles. The maximum Gasteiger partial charge on any atom is 0.350 e. The van der Waals surface area contributed by atoms with Crippen LogP contribution in [0.3, 0.4) is 0 Å². The summed E-state index contributed by atoms with van der Waals surface area (Å²) in [6.07, 6.45) is 0. The lowest BCUT2D eigenvalue weighted by Gasteiger charge is -2.12. The lowest BCUT2D eigenvalue weighted by molar-refractivity contribution is 0.0531. The fraction of sp³-hybridized carbons (Fsp3) is 0.280. The Labute approximate surface area is 186 Å². The van der Waals surface area contributed by atoms with Crippen LogP contribution >= 0.6 is 11.3 Å². The largest absolute Gasteiger partial charge is 0.462 e. The Morgan fingerprint density at radius 1 is 1.06 bits per heavy atom. The molecule has 0 saturated heterocycles. The topological polar surface area (TPSA) is 55.6 Å². The highest BCUT2D eigenvalue weighted by Crippen LogP contribution is 2.36. The minimum Gasteiger partial charge on any atom is -0.462 e. The van der Waals surface area contributed by atoms with Crippen molar-refractivity contribution >= 4 is 28.1 Å². The van der Waals surface area contributed by atoms with Gasteiger partial charge in [0.25, 0.3) is 0 Å². The summed E-state index contributed by atoms with van der Waals surface area (Å²) in [6, 6.07) is 14.9. The summed E-state index contributed by atoms with van der Waals surface area (Å²) < 4.78 is 7.29. The van der Waals surface area contributed by atoms with E-state index in [1.54, 1.807) is 0 Å². The standard InChI is InChI=1S/C25H27N3O2S/c1-6-30-24(29)22-18(5)28-23(26-14-19-10-7-15(2)8-11-19)21(27-25(28)31-22)20-12-9-16(3)13-17(20)4/h7-13,26H,6,14H2,1-5H3. The zero-order valence-electron chi connectivity index (χ0n) is 18.6. The number of esters is 1. The van der Waals surface area contributed by atoms with Gasteiger partial charge in [-0.3, -0.25) is 4.40 Å². The van der Waals surface area contributed by atoms with E-state index >= 15 is 0 Å². The van der Waals surface area contributed by atoms with Crippen molar-refractivity contribution in [1.29, 1.82) is 0 Å². The van der Waals surface area contributed by atoms with Crippen molar-refractivity contribution in [1.82, 2.24) is 9.38 Å². The summed E-state index contributed by atoms with van der Waals surface area (Å²) in [4.78, 5) is 18.7. The average molecular weight is 434 g/mol. The van der Waals surface area contributed by atoms with Crippen molar-refractivity contribution in [3.8, 4) is 11.3 Å². The fourth-order valence-electron chi connectivity index (χ4n) is 3.75. The minimum absolute atomic E-state index is 0.298. The number of carbonyl (C=O) groups is 1. The van der Waals surface area contributed by atoms with Crippen LogP contribution in [0, 0.1) is 27.7 Å². The number of anilines is 1. The SMILES string of the molecule is CCOC(=O)c1sc2nc(-c3ccc(C)cc3C)c(NCc3ccc(C)cc3)n2c1C. The predicted molar refractivity (Wildman–Crippen MR) is 127 cm³/mol. The number of aryl methyl sites for hydroxylation is 4. The number of hydrogen-bond donors (Lipinski definition) is 1. The van der Waals surface area contributed by atoms with Gasteiger partial charge < -0.3 is 10.1 Å². The van der Waals surface area contributed by atoms with Gasteiger partial charge in [-0.1, -0.05) is 64.9 Å². The third-order valence-electron chi connectivity index (χ3n) is 5.38. The van der Waals surface area contributed by atoms with Crippen LogP contribution in [0.4, 0.5) is 5.82 Å². The molecule has 0 aliphatic carbocycles. The van der Waals surface area contributed by atoms with E-state index in [0.29, 0.717) is 18.0 Å². The molecule has 2 aromatic heterocycles. The Morgan fingerprint density at radius 2 is 1.77 bits per heavy atom. The highest BCUT2D eigenvalue weighted by Gasteiger charge is 2.24.